The molecule has 0 saturated carbocycles. The first-order valence-electron chi connectivity index (χ1n) is 6.42. The predicted octanol–water partition coefficient (Wildman–Crippen LogP) is 3.73. The Morgan fingerprint density at radius 1 is 1.00 bits per heavy atom. The number of aromatic hydroxyl groups is 2. The topological polar surface area (TPSA) is 49.7 Å². The molecule has 0 spiro atoms. The molecule has 2 atom stereocenters. The van der Waals surface area contributed by atoms with Crippen molar-refractivity contribution in [3.63, 3.8) is 0 Å². The van der Waals surface area contributed by atoms with Gasteiger partial charge in [0.05, 0.1) is 0 Å². The quantitative estimate of drug-likeness (QED) is 0.817. The highest BCUT2D eigenvalue weighted by atomic mass is 16.5. The van der Waals surface area contributed by atoms with Gasteiger partial charge in [-0.2, -0.15) is 0 Å². The van der Waals surface area contributed by atoms with Gasteiger partial charge in [-0.1, -0.05) is 19.1 Å². The molecule has 0 aromatic heterocycles. The number of hydrogen-bond donors (Lipinski definition) is 2. The van der Waals surface area contributed by atoms with Gasteiger partial charge in [0, 0.05) is 5.56 Å². The summed E-state index contributed by atoms with van der Waals surface area (Å²) < 4.78 is 5.99. The normalized spacial score (nSPS) is 21.5. The van der Waals surface area contributed by atoms with Crippen LogP contribution in [-0.2, 0) is 0 Å². The van der Waals surface area contributed by atoms with Crippen molar-refractivity contribution in [2.45, 2.75) is 25.4 Å². The first-order valence-corrected chi connectivity index (χ1v) is 6.42. The van der Waals surface area contributed by atoms with Crippen LogP contribution in [-0.4, -0.2) is 10.2 Å². The smallest absolute Gasteiger partial charge is 0.124 e. The summed E-state index contributed by atoms with van der Waals surface area (Å²) >= 11 is 0. The van der Waals surface area contributed by atoms with Gasteiger partial charge in [0.1, 0.15) is 23.4 Å². The Hall–Kier alpha value is -2.16. The van der Waals surface area contributed by atoms with Gasteiger partial charge in [-0.3, -0.25) is 0 Å². The average Bonchev–Trinajstić information content (AvgIpc) is 2.40. The van der Waals surface area contributed by atoms with E-state index < -0.39 is 0 Å². The van der Waals surface area contributed by atoms with Gasteiger partial charge >= 0.3 is 0 Å². The number of benzene rings is 2. The highest BCUT2D eigenvalue weighted by molar-refractivity contribution is 5.44. The lowest BCUT2D eigenvalue weighted by molar-refractivity contribution is 0.163. The number of ether oxygens (including phenoxy) is 1. The van der Waals surface area contributed by atoms with Crippen molar-refractivity contribution in [3.05, 3.63) is 53.6 Å². The fourth-order valence-electron chi connectivity index (χ4n) is 2.57. The summed E-state index contributed by atoms with van der Waals surface area (Å²) in [5.41, 5.74) is 2.11. The van der Waals surface area contributed by atoms with Crippen LogP contribution < -0.4 is 4.74 Å². The maximum atomic E-state index is 9.54. The molecule has 3 nitrogen and oxygen atoms in total. The zero-order valence-electron chi connectivity index (χ0n) is 10.7. The summed E-state index contributed by atoms with van der Waals surface area (Å²) in [6.07, 6.45) is 0.856. The van der Waals surface area contributed by atoms with Crippen LogP contribution in [0.15, 0.2) is 42.5 Å². The molecule has 0 fully saturated rings. The molecule has 0 aliphatic carbocycles. The van der Waals surface area contributed by atoms with Gasteiger partial charge < -0.3 is 14.9 Å². The van der Waals surface area contributed by atoms with Crippen molar-refractivity contribution in [2.24, 2.45) is 0 Å². The van der Waals surface area contributed by atoms with Gasteiger partial charge in [0.25, 0.3) is 0 Å². The van der Waals surface area contributed by atoms with E-state index in [1.807, 2.05) is 18.2 Å². The lowest BCUT2D eigenvalue weighted by atomic mass is 9.89. The molecule has 3 rings (SSSR count). The highest BCUT2D eigenvalue weighted by Crippen LogP contribution is 2.43. The molecule has 2 aromatic rings. The van der Waals surface area contributed by atoms with E-state index >= 15 is 0 Å². The van der Waals surface area contributed by atoms with E-state index in [2.05, 4.69) is 6.92 Å². The third kappa shape index (κ3) is 2.24. The second kappa shape index (κ2) is 4.50. The number of phenols is 2. The van der Waals surface area contributed by atoms with Crippen molar-refractivity contribution >= 4 is 0 Å². The van der Waals surface area contributed by atoms with Gasteiger partial charge in [0.2, 0.25) is 0 Å². The molecule has 0 saturated heterocycles. The Balaban J connectivity index is 1.92. The maximum absolute atomic E-state index is 9.54. The monoisotopic (exact) mass is 256 g/mol. The van der Waals surface area contributed by atoms with Crippen LogP contribution in [0.25, 0.3) is 0 Å². The first-order chi connectivity index (χ1) is 9.13. The Labute approximate surface area is 112 Å². The molecule has 0 amide bonds. The van der Waals surface area contributed by atoms with E-state index in [0.29, 0.717) is 5.92 Å². The van der Waals surface area contributed by atoms with Crippen molar-refractivity contribution in [1.82, 2.24) is 0 Å². The largest absolute Gasteiger partial charge is 0.508 e. The average molecular weight is 256 g/mol. The number of hydrogen-bond acceptors (Lipinski definition) is 3. The van der Waals surface area contributed by atoms with E-state index in [0.717, 1.165) is 23.3 Å². The Morgan fingerprint density at radius 3 is 2.42 bits per heavy atom. The highest BCUT2D eigenvalue weighted by Gasteiger charge is 2.26. The molecule has 1 aliphatic rings. The number of rotatable bonds is 1. The number of phenolic OH excluding ortho intramolecular Hbond substituents is 2. The van der Waals surface area contributed by atoms with Crippen LogP contribution in [0.1, 0.15) is 36.5 Å². The fourth-order valence-corrected chi connectivity index (χ4v) is 2.57. The minimum atomic E-state index is -0.00681. The molecule has 2 N–H and O–H groups in total. The van der Waals surface area contributed by atoms with Crippen LogP contribution in [0.4, 0.5) is 0 Å². The maximum Gasteiger partial charge on any atom is 0.124 e. The van der Waals surface area contributed by atoms with Crippen LogP contribution >= 0.6 is 0 Å². The number of fused-ring (bicyclic) bond motifs is 1. The summed E-state index contributed by atoms with van der Waals surface area (Å²) in [4.78, 5) is 0. The SMILES string of the molecule is C[C@@H]1C[C@H](c2ccc(O)cc2)Oc2ccc(O)cc21. The van der Waals surface area contributed by atoms with E-state index in [1.165, 1.54) is 0 Å². The summed E-state index contributed by atoms with van der Waals surface area (Å²) in [6, 6.07) is 12.4. The van der Waals surface area contributed by atoms with Crippen LogP contribution in [0.2, 0.25) is 0 Å². The molecule has 2 aromatic carbocycles. The molecule has 1 aliphatic heterocycles. The summed E-state index contributed by atoms with van der Waals surface area (Å²) in [5.74, 6) is 1.69. The van der Waals surface area contributed by atoms with Gasteiger partial charge in [0.15, 0.2) is 0 Å². The predicted molar refractivity (Wildman–Crippen MR) is 72.6 cm³/mol. The Bertz CT molecular complexity index is 589. The molecule has 0 unspecified atom stereocenters. The molecular weight excluding hydrogens is 240 g/mol. The molecule has 3 heteroatoms. The van der Waals surface area contributed by atoms with Crippen molar-refractivity contribution in [1.29, 1.82) is 0 Å². The standard InChI is InChI=1S/C16H16O3/c1-10-8-16(11-2-4-12(17)5-3-11)19-15-7-6-13(18)9-14(10)15/h2-7,9-10,16-18H,8H2,1H3/t10-,16-/m1/s1. The molecule has 0 bridgehead atoms. The minimum Gasteiger partial charge on any atom is -0.508 e. The lowest BCUT2D eigenvalue weighted by Crippen LogP contribution is -2.17. The van der Waals surface area contributed by atoms with Gasteiger partial charge in [-0.05, 0) is 48.2 Å². The molecule has 1 heterocycles. The fraction of sp³-hybridized carbons (Fsp3) is 0.250. The zero-order valence-corrected chi connectivity index (χ0v) is 10.7. The molecule has 0 radical (unpaired) electrons. The van der Waals surface area contributed by atoms with E-state index in [9.17, 15) is 10.2 Å². The Morgan fingerprint density at radius 2 is 1.68 bits per heavy atom. The summed E-state index contributed by atoms with van der Waals surface area (Å²) in [6.45, 7) is 2.13. The second-order valence-corrected chi connectivity index (χ2v) is 5.06. The van der Waals surface area contributed by atoms with Crippen LogP contribution in [0, 0.1) is 0 Å². The van der Waals surface area contributed by atoms with E-state index in [4.69, 9.17) is 4.74 Å². The minimum absolute atomic E-state index is 0.00681. The Kier molecular flexibility index (Phi) is 2.82. The van der Waals surface area contributed by atoms with E-state index in [1.54, 1.807) is 24.3 Å². The van der Waals surface area contributed by atoms with Crippen LogP contribution in [0.5, 0.6) is 17.2 Å². The summed E-state index contributed by atoms with van der Waals surface area (Å²) in [7, 11) is 0. The second-order valence-electron chi connectivity index (χ2n) is 5.06. The molecular formula is C16H16O3. The zero-order chi connectivity index (χ0) is 13.4. The third-order valence-corrected chi connectivity index (χ3v) is 3.63. The third-order valence-electron chi connectivity index (χ3n) is 3.63. The molecule has 19 heavy (non-hydrogen) atoms. The first kappa shape index (κ1) is 11.9. The van der Waals surface area contributed by atoms with Crippen molar-refractivity contribution in [3.8, 4) is 17.2 Å². The van der Waals surface area contributed by atoms with Crippen molar-refractivity contribution in [2.75, 3.05) is 0 Å². The van der Waals surface area contributed by atoms with E-state index in [-0.39, 0.29) is 17.6 Å². The van der Waals surface area contributed by atoms with Crippen LogP contribution in [0.3, 0.4) is 0 Å². The summed E-state index contributed by atoms with van der Waals surface area (Å²) in [5, 5.41) is 18.9. The van der Waals surface area contributed by atoms with Gasteiger partial charge in [-0.15, -0.1) is 0 Å². The van der Waals surface area contributed by atoms with Crippen molar-refractivity contribution < 1.29 is 14.9 Å². The molecule has 98 valence electrons. The lowest BCUT2D eigenvalue weighted by Gasteiger charge is -2.30. The van der Waals surface area contributed by atoms with Gasteiger partial charge in [-0.25, -0.2) is 0 Å².